The molecule has 0 atom stereocenters. The predicted molar refractivity (Wildman–Crippen MR) is 58.0 cm³/mol. The van der Waals surface area contributed by atoms with Gasteiger partial charge in [-0.15, -0.1) is 11.8 Å². The first-order valence-corrected chi connectivity index (χ1v) is 5.42. The molecule has 1 aromatic carbocycles. The molecule has 2 aromatic rings. The van der Waals surface area contributed by atoms with Crippen LogP contribution in [0.4, 0.5) is 0 Å². The largest absolute Gasteiger partial charge is 0.361 e. The maximum absolute atomic E-state index is 5.65. The van der Waals surface area contributed by atoms with E-state index in [1.165, 1.54) is 21.4 Å². The maximum atomic E-state index is 5.65. The molecule has 0 bridgehead atoms. The molecular weight excluding hydrogens is 180 g/mol. The zero-order valence-corrected chi connectivity index (χ0v) is 8.32. The number of rotatable bonds is 2. The molecule has 2 rings (SSSR count). The molecule has 1 heterocycles. The fraction of sp³-hybridized carbons (Fsp3) is 0.200. The summed E-state index contributed by atoms with van der Waals surface area (Å²) in [5.41, 5.74) is 8.02. The van der Waals surface area contributed by atoms with Crippen molar-refractivity contribution >= 4 is 22.7 Å². The van der Waals surface area contributed by atoms with Crippen LogP contribution in [-0.2, 0) is 6.54 Å². The molecule has 3 heteroatoms. The zero-order chi connectivity index (χ0) is 9.26. The van der Waals surface area contributed by atoms with Gasteiger partial charge in [0.2, 0.25) is 0 Å². The smallest absolute Gasteiger partial charge is 0.0468 e. The van der Waals surface area contributed by atoms with Crippen LogP contribution in [0.25, 0.3) is 10.9 Å². The van der Waals surface area contributed by atoms with E-state index < -0.39 is 0 Å². The third kappa shape index (κ3) is 1.34. The SMILES string of the molecule is CSc1cccc2[nH]cc(CN)c12. The summed E-state index contributed by atoms with van der Waals surface area (Å²) >= 11 is 1.76. The number of benzene rings is 1. The van der Waals surface area contributed by atoms with E-state index in [4.69, 9.17) is 5.73 Å². The molecule has 0 fully saturated rings. The lowest BCUT2D eigenvalue weighted by atomic mass is 10.2. The van der Waals surface area contributed by atoms with Gasteiger partial charge in [0.05, 0.1) is 0 Å². The molecule has 0 spiro atoms. The fourth-order valence-electron chi connectivity index (χ4n) is 1.55. The van der Waals surface area contributed by atoms with Crippen LogP contribution in [0, 0.1) is 0 Å². The van der Waals surface area contributed by atoms with Crippen molar-refractivity contribution in [1.29, 1.82) is 0 Å². The second kappa shape index (κ2) is 3.44. The van der Waals surface area contributed by atoms with E-state index in [-0.39, 0.29) is 0 Å². The molecule has 0 aliphatic heterocycles. The van der Waals surface area contributed by atoms with Gasteiger partial charge in [0.25, 0.3) is 0 Å². The molecule has 2 nitrogen and oxygen atoms in total. The standard InChI is InChI=1S/C10H12N2S/c1-13-9-4-2-3-8-10(9)7(5-11)6-12-8/h2-4,6,12H,5,11H2,1H3. The molecule has 0 aliphatic rings. The van der Waals surface area contributed by atoms with Crippen molar-refractivity contribution in [2.75, 3.05) is 6.26 Å². The van der Waals surface area contributed by atoms with Gasteiger partial charge in [0.1, 0.15) is 0 Å². The maximum Gasteiger partial charge on any atom is 0.0468 e. The molecular formula is C10H12N2S. The molecule has 0 saturated heterocycles. The summed E-state index contributed by atoms with van der Waals surface area (Å²) in [6.07, 6.45) is 4.08. The summed E-state index contributed by atoms with van der Waals surface area (Å²) in [6.45, 7) is 0.595. The Morgan fingerprint density at radius 1 is 1.46 bits per heavy atom. The van der Waals surface area contributed by atoms with Crippen LogP contribution >= 0.6 is 11.8 Å². The minimum Gasteiger partial charge on any atom is -0.361 e. The lowest BCUT2D eigenvalue weighted by molar-refractivity contribution is 1.08. The van der Waals surface area contributed by atoms with Gasteiger partial charge in [-0.25, -0.2) is 0 Å². The van der Waals surface area contributed by atoms with Crippen molar-refractivity contribution in [2.45, 2.75) is 11.4 Å². The third-order valence-electron chi connectivity index (χ3n) is 2.19. The van der Waals surface area contributed by atoms with Crippen LogP contribution < -0.4 is 5.73 Å². The van der Waals surface area contributed by atoms with Gasteiger partial charge in [-0.2, -0.15) is 0 Å². The Labute approximate surface area is 81.5 Å². The number of nitrogens with one attached hydrogen (secondary N) is 1. The minimum atomic E-state index is 0.595. The normalized spacial score (nSPS) is 10.9. The highest BCUT2D eigenvalue weighted by molar-refractivity contribution is 7.98. The fourth-order valence-corrected chi connectivity index (χ4v) is 2.21. The van der Waals surface area contributed by atoms with Gasteiger partial charge in [-0.1, -0.05) is 6.07 Å². The van der Waals surface area contributed by atoms with Crippen molar-refractivity contribution in [3.8, 4) is 0 Å². The number of thioether (sulfide) groups is 1. The monoisotopic (exact) mass is 192 g/mol. The number of aromatic amines is 1. The highest BCUT2D eigenvalue weighted by Crippen LogP contribution is 2.28. The number of aromatic nitrogens is 1. The van der Waals surface area contributed by atoms with Gasteiger partial charge >= 0.3 is 0 Å². The number of fused-ring (bicyclic) bond motifs is 1. The lowest BCUT2D eigenvalue weighted by Gasteiger charge is -2.00. The Morgan fingerprint density at radius 2 is 2.31 bits per heavy atom. The van der Waals surface area contributed by atoms with Crippen molar-refractivity contribution < 1.29 is 0 Å². The van der Waals surface area contributed by atoms with Crippen LogP contribution in [0.2, 0.25) is 0 Å². The van der Waals surface area contributed by atoms with Crippen LogP contribution in [0.15, 0.2) is 29.3 Å². The van der Waals surface area contributed by atoms with Crippen molar-refractivity contribution in [1.82, 2.24) is 4.98 Å². The third-order valence-corrected chi connectivity index (χ3v) is 2.97. The summed E-state index contributed by atoms with van der Waals surface area (Å²) in [6, 6.07) is 6.26. The van der Waals surface area contributed by atoms with Gasteiger partial charge < -0.3 is 10.7 Å². The van der Waals surface area contributed by atoms with E-state index in [1.807, 2.05) is 6.20 Å². The number of hydrogen-bond acceptors (Lipinski definition) is 2. The lowest BCUT2D eigenvalue weighted by Crippen LogP contribution is -1.94. The summed E-state index contributed by atoms with van der Waals surface area (Å²) in [7, 11) is 0. The molecule has 13 heavy (non-hydrogen) atoms. The molecule has 3 N–H and O–H groups in total. The van der Waals surface area contributed by atoms with E-state index in [0.717, 1.165) is 0 Å². The predicted octanol–water partition coefficient (Wildman–Crippen LogP) is 2.35. The number of nitrogens with two attached hydrogens (primary N) is 1. The van der Waals surface area contributed by atoms with Crippen LogP contribution in [0.1, 0.15) is 5.56 Å². The molecule has 1 aromatic heterocycles. The van der Waals surface area contributed by atoms with Crippen molar-refractivity contribution in [3.63, 3.8) is 0 Å². The Hall–Kier alpha value is -0.930. The first-order valence-electron chi connectivity index (χ1n) is 4.20. The first kappa shape index (κ1) is 8.66. The second-order valence-corrected chi connectivity index (χ2v) is 3.75. The van der Waals surface area contributed by atoms with Crippen molar-refractivity contribution in [2.24, 2.45) is 5.73 Å². The summed E-state index contributed by atoms with van der Waals surface area (Å²) in [4.78, 5) is 4.51. The quantitative estimate of drug-likeness (QED) is 0.717. The summed E-state index contributed by atoms with van der Waals surface area (Å²) in [5, 5.41) is 1.28. The highest BCUT2D eigenvalue weighted by atomic mass is 32.2. The molecule has 0 unspecified atom stereocenters. The van der Waals surface area contributed by atoms with E-state index >= 15 is 0 Å². The Balaban J connectivity index is 2.76. The molecule has 0 aliphatic carbocycles. The molecule has 68 valence electrons. The number of H-pyrrole nitrogens is 1. The Morgan fingerprint density at radius 3 is 3.00 bits per heavy atom. The van der Waals surface area contributed by atoms with Gasteiger partial charge in [0, 0.05) is 28.5 Å². The minimum absolute atomic E-state index is 0.595. The number of hydrogen-bond donors (Lipinski definition) is 2. The van der Waals surface area contributed by atoms with E-state index in [2.05, 4.69) is 29.4 Å². The van der Waals surface area contributed by atoms with Crippen molar-refractivity contribution in [3.05, 3.63) is 30.0 Å². The second-order valence-electron chi connectivity index (χ2n) is 2.90. The molecule has 0 saturated carbocycles. The van der Waals surface area contributed by atoms with E-state index in [1.54, 1.807) is 11.8 Å². The first-order chi connectivity index (χ1) is 6.36. The topological polar surface area (TPSA) is 41.8 Å². The van der Waals surface area contributed by atoms with Crippen LogP contribution in [0.5, 0.6) is 0 Å². The average molecular weight is 192 g/mol. The van der Waals surface area contributed by atoms with Crippen LogP contribution in [0.3, 0.4) is 0 Å². The van der Waals surface area contributed by atoms with E-state index in [0.29, 0.717) is 6.54 Å². The Bertz CT molecular complexity index is 420. The Kier molecular flexibility index (Phi) is 2.29. The highest BCUT2D eigenvalue weighted by Gasteiger charge is 2.05. The summed E-state index contributed by atoms with van der Waals surface area (Å²) in [5.74, 6) is 0. The van der Waals surface area contributed by atoms with Crippen LogP contribution in [-0.4, -0.2) is 11.2 Å². The average Bonchev–Trinajstić information content (AvgIpc) is 2.60. The molecule has 0 amide bonds. The van der Waals surface area contributed by atoms with Gasteiger partial charge in [-0.05, 0) is 24.0 Å². The van der Waals surface area contributed by atoms with Gasteiger partial charge in [-0.3, -0.25) is 0 Å². The van der Waals surface area contributed by atoms with E-state index in [9.17, 15) is 0 Å². The zero-order valence-electron chi connectivity index (χ0n) is 7.50. The van der Waals surface area contributed by atoms with Gasteiger partial charge in [0.15, 0.2) is 0 Å². The summed E-state index contributed by atoms with van der Waals surface area (Å²) < 4.78 is 0. The molecule has 0 radical (unpaired) electrons.